The largest absolute Gasteiger partial charge is 0.479 e. The number of ether oxygens (including phenoxy) is 2. The minimum atomic E-state index is -0.934. The summed E-state index contributed by atoms with van der Waals surface area (Å²) in [5.74, 6) is -0.226. The molecule has 0 radical (unpaired) electrons. The number of carbonyl (C=O) groups is 3. The molecule has 2 bridgehead atoms. The first-order valence-corrected chi connectivity index (χ1v) is 11.3. The number of ketones is 1. The van der Waals surface area contributed by atoms with Gasteiger partial charge < -0.3 is 25.2 Å². The molecule has 9 heteroatoms. The molecule has 0 aromatic heterocycles. The summed E-state index contributed by atoms with van der Waals surface area (Å²) in [6.45, 7) is 5.36. The van der Waals surface area contributed by atoms with Gasteiger partial charge in [0.15, 0.2) is 11.9 Å². The van der Waals surface area contributed by atoms with Crippen LogP contribution in [-0.4, -0.2) is 51.8 Å². The molecule has 1 heterocycles. The predicted molar refractivity (Wildman–Crippen MR) is 117 cm³/mol. The number of fused-ring (bicyclic) bond motifs is 4. The summed E-state index contributed by atoms with van der Waals surface area (Å²) in [5, 5.41) is 17.2. The van der Waals surface area contributed by atoms with Gasteiger partial charge in [-0.15, -0.1) is 0 Å². The highest BCUT2D eigenvalue weighted by Crippen LogP contribution is 2.47. The van der Waals surface area contributed by atoms with Gasteiger partial charge in [0.25, 0.3) is 5.91 Å². The monoisotopic (exact) mass is 464 g/mol. The van der Waals surface area contributed by atoms with E-state index in [1.54, 1.807) is 39.0 Å². The molecule has 2 amide bonds. The maximum atomic E-state index is 13.0. The number of hydrogen-bond donors (Lipinski definition) is 3. The fourth-order valence-corrected chi connectivity index (χ4v) is 5.13. The fraction of sp³-hybridized carbons (Fsp3) is 0.609. The predicted octanol–water partition coefficient (Wildman–Crippen LogP) is 3.13. The van der Waals surface area contributed by atoms with Gasteiger partial charge in [-0.05, 0) is 71.1 Å². The van der Waals surface area contributed by atoms with E-state index in [9.17, 15) is 19.5 Å². The Kier molecular flexibility index (Phi) is 5.66. The lowest BCUT2D eigenvalue weighted by molar-refractivity contribution is -0.134. The van der Waals surface area contributed by atoms with Crippen molar-refractivity contribution in [3.05, 3.63) is 28.8 Å². The summed E-state index contributed by atoms with van der Waals surface area (Å²) in [6, 6.07) is 4.75. The van der Waals surface area contributed by atoms with Crippen LogP contribution in [0, 0.1) is 0 Å². The Hall–Kier alpha value is -2.32. The zero-order valence-electron chi connectivity index (χ0n) is 18.5. The molecule has 3 aliphatic carbocycles. The number of aliphatic hydroxyl groups excluding tert-OH is 1. The third-order valence-corrected chi connectivity index (χ3v) is 6.87. The molecule has 1 aromatic carbocycles. The average Bonchev–Trinajstić information content (AvgIpc) is 2.68. The molecule has 1 unspecified atom stereocenters. The summed E-state index contributed by atoms with van der Waals surface area (Å²) in [4.78, 5) is 37.8. The number of alkyl carbamates (subject to hydrolysis) is 1. The minimum Gasteiger partial charge on any atom is -0.479 e. The SMILES string of the molecule is CC(C)(C)OC(=O)NC12CCC(NC(=O)C3CC(=O)c4cc(Cl)ccc4O3)(CC1)C[C@@H]2O. The Morgan fingerprint density at radius 1 is 1.19 bits per heavy atom. The van der Waals surface area contributed by atoms with Crippen LogP contribution in [0.2, 0.25) is 5.02 Å². The molecule has 174 valence electrons. The van der Waals surface area contributed by atoms with Crippen molar-refractivity contribution in [2.45, 2.75) is 88.2 Å². The first kappa shape index (κ1) is 22.9. The standard InChI is InChI=1S/C23H29ClN2O6/c1-21(2,3)32-20(30)26-23-8-6-22(7-9-23,12-18(23)28)25-19(29)17-11-15(27)14-10-13(24)4-5-16(14)31-17/h4-5,10,17-18,28H,6-9,11-12H2,1-3H3,(H,25,29)(H,26,30)/t17?,18-,22?,23?/m0/s1. The van der Waals surface area contributed by atoms with Crippen molar-refractivity contribution in [3.8, 4) is 5.75 Å². The van der Waals surface area contributed by atoms with Gasteiger partial charge in [0.2, 0.25) is 0 Å². The summed E-state index contributed by atoms with van der Waals surface area (Å²) >= 11 is 5.95. The first-order valence-electron chi connectivity index (χ1n) is 10.9. The summed E-state index contributed by atoms with van der Waals surface area (Å²) in [7, 11) is 0. The second-order valence-corrected chi connectivity index (χ2v) is 10.6. The molecule has 3 N–H and O–H groups in total. The maximum absolute atomic E-state index is 13.0. The molecule has 3 fully saturated rings. The Balaban J connectivity index is 1.40. The summed E-state index contributed by atoms with van der Waals surface area (Å²) in [6.07, 6.45) is 0.146. The lowest BCUT2D eigenvalue weighted by Gasteiger charge is -2.56. The van der Waals surface area contributed by atoms with Crippen LogP contribution in [0.25, 0.3) is 0 Å². The molecule has 5 rings (SSSR count). The molecule has 32 heavy (non-hydrogen) atoms. The number of nitrogens with one attached hydrogen (secondary N) is 2. The topological polar surface area (TPSA) is 114 Å². The molecule has 1 aliphatic heterocycles. The Bertz CT molecular complexity index is 948. The van der Waals surface area contributed by atoms with Gasteiger partial charge in [0, 0.05) is 10.6 Å². The first-order chi connectivity index (χ1) is 14.9. The lowest BCUT2D eigenvalue weighted by atomic mass is 9.60. The Morgan fingerprint density at radius 2 is 1.88 bits per heavy atom. The number of amides is 2. The molecule has 0 saturated heterocycles. The quantitative estimate of drug-likeness (QED) is 0.633. The third-order valence-electron chi connectivity index (χ3n) is 6.63. The molecule has 4 aliphatic rings. The van der Waals surface area contributed by atoms with Crippen molar-refractivity contribution in [3.63, 3.8) is 0 Å². The van der Waals surface area contributed by atoms with Gasteiger partial charge in [-0.25, -0.2) is 4.79 Å². The van der Waals surface area contributed by atoms with E-state index in [1.165, 1.54) is 0 Å². The van der Waals surface area contributed by atoms with Crippen LogP contribution in [0.4, 0.5) is 4.79 Å². The van der Waals surface area contributed by atoms with Crippen LogP contribution in [0.3, 0.4) is 0 Å². The van der Waals surface area contributed by atoms with Crippen LogP contribution in [0.1, 0.15) is 69.7 Å². The Labute approximate surface area is 192 Å². The zero-order chi connectivity index (χ0) is 23.3. The number of hydrogen-bond acceptors (Lipinski definition) is 6. The van der Waals surface area contributed by atoms with E-state index in [4.69, 9.17) is 21.1 Å². The summed E-state index contributed by atoms with van der Waals surface area (Å²) < 4.78 is 11.1. The van der Waals surface area contributed by atoms with Crippen LogP contribution in [0.15, 0.2) is 18.2 Å². The molecule has 3 saturated carbocycles. The van der Waals surface area contributed by atoms with E-state index in [0.717, 1.165) is 0 Å². The molecular weight excluding hydrogens is 436 g/mol. The van der Waals surface area contributed by atoms with E-state index in [1.807, 2.05) is 0 Å². The van der Waals surface area contributed by atoms with E-state index < -0.39 is 35.0 Å². The fourth-order valence-electron chi connectivity index (χ4n) is 4.95. The molecule has 1 aromatic rings. The van der Waals surface area contributed by atoms with Gasteiger partial charge in [0.1, 0.15) is 11.4 Å². The van der Waals surface area contributed by atoms with E-state index >= 15 is 0 Å². The van der Waals surface area contributed by atoms with Crippen molar-refractivity contribution in [1.29, 1.82) is 0 Å². The number of aliphatic hydroxyl groups is 1. The number of halogens is 1. The van der Waals surface area contributed by atoms with Gasteiger partial charge in [0.05, 0.1) is 23.6 Å². The van der Waals surface area contributed by atoms with Gasteiger partial charge in [-0.2, -0.15) is 0 Å². The highest BCUT2D eigenvalue weighted by molar-refractivity contribution is 6.31. The third kappa shape index (κ3) is 4.43. The second kappa shape index (κ2) is 7.92. The second-order valence-electron chi connectivity index (χ2n) is 10.1. The van der Waals surface area contributed by atoms with Crippen molar-refractivity contribution < 1.29 is 29.0 Å². The van der Waals surface area contributed by atoms with E-state index in [-0.39, 0.29) is 18.1 Å². The normalized spacial score (nSPS) is 31.3. The van der Waals surface area contributed by atoms with Crippen molar-refractivity contribution in [2.75, 3.05) is 0 Å². The van der Waals surface area contributed by atoms with Gasteiger partial charge in [-0.1, -0.05) is 11.6 Å². The number of benzene rings is 1. The van der Waals surface area contributed by atoms with Gasteiger partial charge in [-0.3, -0.25) is 9.59 Å². The average molecular weight is 465 g/mol. The van der Waals surface area contributed by atoms with Crippen LogP contribution < -0.4 is 15.4 Å². The highest BCUT2D eigenvalue weighted by atomic mass is 35.5. The van der Waals surface area contributed by atoms with Crippen LogP contribution in [-0.2, 0) is 9.53 Å². The maximum Gasteiger partial charge on any atom is 0.408 e. The van der Waals surface area contributed by atoms with Crippen molar-refractivity contribution in [2.24, 2.45) is 0 Å². The number of Topliss-reactive ketones (excluding diaryl/α,β-unsaturated/α-hetero) is 1. The van der Waals surface area contributed by atoms with Crippen LogP contribution >= 0.6 is 11.6 Å². The van der Waals surface area contributed by atoms with E-state index in [0.29, 0.717) is 48.4 Å². The molecule has 8 nitrogen and oxygen atoms in total. The lowest BCUT2D eigenvalue weighted by Crippen LogP contribution is -2.71. The van der Waals surface area contributed by atoms with Crippen LogP contribution in [0.5, 0.6) is 5.75 Å². The smallest absolute Gasteiger partial charge is 0.408 e. The molecule has 2 atom stereocenters. The van der Waals surface area contributed by atoms with Crippen molar-refractivity contribution in [1.82, 2.24) is 10.6 Å². The minimum absolute atomic E-state index is 0.0675. The zero-order valence-corrected chi connectivity index (χ0v) is 19.3. The van der Waals surface area contributed by atoms with Gasteiger partial charge >= 0.3 is 6.09 Å². The number of carbonyl (C=O) groups excluding carboxylic acids is 3. The highest BCUT2D eigenvalue weighted by Gasteiger charge is 2.56. The Morgan fingerprint density at radius 3 is 2.50 bits per heavy atom. The molecular formula is C23H29ClN2O6. The van der Waals surface area contributed by atoms with Crippen molar-refractivity contribution >= 4 is 29.4 Å². The summed E-state index contributed by atoms with van der Waals surface area (Å²) in [5.41, 5.74) is -1.61. The number of rotatable bonds is 3. The van der Waals surface area contributed by atoms with E-state index in [2.05, 4.69) is 10.6 Å². The molecule has 0 spiro atoms.